The van der Waals surface area contributed by atoms with Crippen LogP contribution in [0.25, 0.3) is 0 Å². The van der Waals surface area contributed by atoms with E-state index < -0.39 is 24.6 Å². The second-order valence-electron chi connectivity index (χ2n) is 2.27. The zero-order valence-corrected chi connectivity index (χ0v) is 6.56. The molecule has 0 radical (unpaired) electrons. The van der Waals surface area contributed by atoms with Crippen LogP contribution in [0.4, 0.5) is 13.2 Å². The van der Waals surface area contributed by atoms with Crippen LogP contribution < -0.4 is 5.32 Å². The summed E-state index contributed by atoms with van der Waals surface area (Å²) in [5.41, 5.74) is 0. The van der Waals surface area contributed by atoms with Crippen LogP contribution in [0.1, 0.15) is 0 Å². The molecule has 0 saturated heterocycles. The lowest BCUT2D eigenvalue weighted by molar-refractivity contribution is -0.192. The van der Waals surface area contributed by atoms with E-state index in [4.69, 9.17) is 11.5 Å². The highest BCUT2D eigenvalue weighted by Gasteiger charge is 2.44. The zero-order valence-electron chi connectivity index (χ0n) is 6.56. The molecule has 6 heteroatoms. The first-order chi connectivity index (χ1) is 5.89. The summed E-state index contributed by atoms with van der Waals surface area (Å²) < 4.78 is 35.8. The number of alkyl halides is 3. The predicted octanol–water partition coefficient (Wildman–Crippen LogP) is 0.472. The molecule has 0 fully saturated rings. The van der Waals surface area contributed by atoms with E-state index in [9.17, 15) is 18.0 Å². The fourth-order valence-electron chi connectivity index (χ4n) is 0.632. The largest absolute Gasteiger partial charge is 0.481 e. The van der Waals surface area contributed by atoms with Gasteiger partial charge in [0.2, 0.25) is 0 Å². The second-order valence-corrected chi connectivity index (χ2v) is 2.27. The van der Waals surface area contributed by atoms with Gasteiger partial charge in [-0.15, -0.1) is 6.42 Å². The minimum Gasteiger partial charge on any atom is -0.481 e. The Balaban J connectivity index is 4.14. The Bertz CT molecular complexity index is 219. The highest BCUT2D eigenvalue weighted by atomic mass is 19.4. The zero-order chi connectivity index (χ0) is 10.5. The average molecular weight is 195 g/mol. The van der Waals surface area contributed by atoms with Crippen molar-refractivity contribution in [1.29, 1.82) is 0 Å². The van der Waals surface area contributed by atoms with E-state index in [0.717, 1.165) is 0 Å². The Hall–Kier alpha value is -1.22. The van der Waals surface area contributed by atoms with Gasteiger partial charge in [0.15, 0.2) is 5.92 Å². The van der Waals surface area contributed by atoms with Gasteiger partial charge in [-0.1, -0.05) is 5.92 Å². The first-order valence-corrected chi connectivity index (χ1v) is 3.33. The fourth-order valence-corrected chi connectivity index (χ4v) is 0.632. The topological polar surface area (TPSA) is 49.3 Å². The molecule has 0 amide bonds. The molecule has 1 atom stereocenters. The summed E-state index contributed by atoms with van der Waals surface area (Å²) in [7, 11) is 0. The van der Waals surface area contributed by atoms with E-state index in [1.54, 1.807) is 0 Å². The van der Waals surface area contributed by atoms with Crippen LogP contribution in [0, 0.1) is 18.3 Å². The molecule has 0 rings (SSSR count). The Morgan fingerprint density at radius 1 is 1.62 bits per heavy atom. The minimum absolute atomic E-state index is 0.0835. The van der Waals surface area contributed by atoms with Gasteiger partial charge in [-0.05, 0) is 0 Å². The third kappa shape index (κ3) is 4.38. The normalized spacial score (nSPS) is 13.4. The van der Waals surface area contributed by atoms with Gasteiger partial charge in [0.05, 0.1) is 6.54 Å². The summed E-state index contributed by atoms with van der Waals surface area (Å²) >= 11 is 0. The van der Waals surface area contributed by atoms with Gasteiger partial charge < -0.3 is 10.4 Å². The Labute approximate surface area is 72.9 Å². The molecule has 0 saturated carbocycles. The van der Waals surface area contributed by atoms with Crippen molar-refractivity contribution >= 4 is 5.97 Å². The Morgan fingerprint density at radius 3 is 2.46 bits per heavy atom. The van der Waals surface area contributed by atoms with E-state index in [1.807, 2.05) is 5.92 Å². The van der Waals surface area contributed by atoms with Crippen molar-refractivity contribution in [3.8, 4) is 12.3 Å². The van der Waals surface area contributed by atoms with Crippen LogP contribution in [-0.4, -0.2) is 30.3 Å². The molecule has 0 heterocycles. The van der Waals surface area contributed by atoms with Gasteiger partial charge in [0.1, 0.15) is 0 Å². The molecule has 3 nitrogen and oxygen atoms in total. The molecule has 0 spiro atoms. The maximum Gasteiger partial charge on any atom is 0.403 e. The monoisotopic (exact) mass is 195 g/mol. The maximum atomic E-state index is 11.9. The van der Waals surface area contributed by atoms with E-state index in [-0.39, 0.29) is 6.54 Å². The lowest BCUT2D eigenvalue weighted by Crippen LogP contribution is -2.39. The van der Waals surface area contributed by atoms with Gasteiger partial charge >= 0.3 is 12.1 Å². The number of carboxylic acids is 1. The molecular weight excluding hydrogens is 187 g/mol. The van der Waals surface area contributed by atoms with Crippen molar-refractivity contribution in [3.05, 3.63) is 0 Å². The molecule has 0 bridgehead atoms. The van der Waals surface area contributed by atoms with Gasteiger partial charge in [-0.2, -0.15) is 13.2 Å². The molecule has 13 heavy (non-hydrogen) atoms. The number of rotatable bonds is 4. The average Bonchev–Trinajstić information content (AvgIpc) is 1.94. The van der Waals surface area contributed by atoms with E-state index in [0.29, 0.717) is 0 Å². The molecule has 0 aromatic heterocycles. The number of terminal acetylenes is 1. The van der Waals surface area contributed by atoms with Crippen LogP contribution in [0.2, 0.25) is 0 Å². The highest BCUT2D eigenvalue weighted by molar-refractivity contribution is 5.71. The Morgan fingerprint density at radius 2 is 2.15 bits per heavy atom. The summed E-state index contributed by atoms with van der Waals surface area (Å²) in [6.45, 7) is -0.789. The molecule has 0 aliphatic rings. The van der Waals surface area contributed by atoms with Gasteiger partial charge in [-0.3, -0.25) is 4.79 Å². The van der Waals surface area contributed by atoms with Crippen molar-refractivity contribution in [2.75, 3.05) is 13.1 Å². The minimum atomic E-state index is -4.74. The second kappa shape index (κ2) is 4.72. The van der Waals surface area contributed by atoms with Crippen molar-refractivity contribution in [2.24, 2.45) is 5.92 Å². The third-order valence-electron chi connectivity index (χ3n) is 1.27. The summed E-state index contributed by atoms with van der Waals surface area (Å²) in [5.74, 6) is -2.27. The fraction of sp³-hybridized carbons (Fsp3) is 0.571. The van der Waals surface area contributed by atoms with E-state index in [2.05, 4.69) is 5.32 Å². The molecule has 0 aliphatic carbocycles. The summed E-state index contributed by atoms with van der Waals surface area (Å²) in [6.07, 6.45) is 0.0161. The lowest BCUT2D eigenvalue weighted by Gasteiger charge is -2.15. The van der Waals surface area contributed by atoms with Crippen molar-refractivity contribution in [2.45, 2.75) is 6.18 Å². The number of halogens is 3. The highest BCUT2D eigenvalue weighted by Crippen LogP contribution is 2.25. The lowest BCUT2D eigenvalue weighted by atomic mass is 10.1. The van der Waals surface area contributed by atoms with E-state index >= 15 is 0 Å². The summed E-state index contributed by atoms with van der Waals surface area (Å²) in [6, 6.07) is 0. The standard InChI is InChI=1S/C7H8F3NO2/c1-2-3-11-4-5(6(12)13)7(8,9)10/h1,5,11H,3-4H2,(H,12,13). The smallest absolute Gasteiger partial charge is 0.403 e. The van der Waals surface area contributed by atoms with E-state index in [1.165, 1.54) is 0 Å². The van der Waals surface area contributed by atoms with Gasteiger partial charge in [0, 0.05) is 6.54 Å². The SMILES string of the molecule is C#CCNCC(C(=O)O)C(F)(F)F. The van der Waals surface area contributed by atoms with Crippen LogP contribution in [0.15, 0.2) is 0 Å². The number of hydrogen-bond donors (Lipinski definition) is 2. The Kier molecular flexibility index (Phi) is 4.28. The first kappa shape index (κ1) is 11.8. The first-order valence-electron chi connectivity index (χ1n) is 3.33. The van der Waals surface area contributed by atoms with Gasteiger partial charge in [0.25, 0.3) is 0 Å². The molecular formula is C7H8F3NO2. The van der Waals surface area contributed by atoms with Crippen LogP contribution in [-0.2, 0) is 4.79 Å². The number of carbonyl (C=O) groups is 1. The number of hydrogen-bond acceptors (Lipinski definition) is 2. The number of aliphatic carboxylic acids is 1. The summed E-state index contributed by atoms with van der Waals surface area (Å²) in [4.78, 5) is 10.1. The van der Waals surface area contributed by atoms with Crippen molar-refractivity contribution in [3.63, 3.8) is 0 Å². The molecule has 0 aromatic carbocycles. The molecule has 2 N–H and O–H groups in total. The number of nitrogens with one attached hydrogen (secondary N) is 1. The maximum absolute atomic E-state index is 11.9. The number of carboxylic acid groups (broad SMARTS) is 1. The van der Waals surface area contributed by atoms with Crippen LogP contribution >= 0.6 is 0 Å². The van der Waals surface area contributed by atoms with Crippen LogP contribution in [0.5, 0.6) is 0 Å². The predicted molar refractivity (Wildman–Crippen MR) is 38.9 cm³/mol. The van der Waals surface area contributed by atoms with Crippen molar-refractivity contribution < 1.29 is 23.1 Å². The van der Waals surface area contributed by atoms with Crippen molar-refractivity contribution in [1.82, 2.24) is 5.32 Å². The molecule has 0 aliphatic heterocycles. The molecule has 0 aromatic rings. The summed E-state index contributed by atoms with van der Waals surface area (Å²) in [5, 5.41) is 10.4. The van der Waals surface area contributed by atoms with Crippen LogP contribution in [0.3, 0.4) is 0 Å². The quantitative estimate of drug-likeness (QED) is 0.506. The third-order valence-corrected chi connectivity index (χ3v) is 1.27. The molecule has 1 unspecified atom stereocenters. The van der Waals surface area contributed by atoms with Gasteiger partial charge in [-0.25, -0.2) is 0 Å². The molecule has 74 valence electrons.